The highest BCUT2D eigenvalue weighted by Crippen LogP contribution is 2.32. The molecule has 3 rings (SSSR count). The fraction of sp³-hybridized carbons (Fsp3) is 0.529. The van der Waals surface area contributed by atoms with Crippen molar-refractivity contribution in [3.63, 3.8) is 0 Å². The van der Waals surface area contributed by atoms with Crippen molar-refractivity contribution in [3.8, 4) is 0 Å². The Morgan fingerprint density at radius 1 is 1.33 bits per heavy atom. The van der Waals surface area contributed by atoms with E-state index in [0.29, 0.717) is 38.2 Å². The van der Waals surface area contributed by atoms with Crippen molar-refractivity contribution in [2.24, 2.45) is 0 Å². The number of aryl methyl sites for hydroxylation is 1. The van der Waals surface area contributed by atoms with Gasteiger partial charge in [-0.05, 0) is 24.5 Å². The Labute approximate surface area is 139 Å². The number of hydrogen-bond donors (Lipinski definition) is 0. The van der Waals surface area contributed by atoms with Crippen LogP contribution in [-0.4, -0.2) is 53.6 Å². The quantitative estimate of drug-likeness (QED) is 0.847. The van der Waals surface area contributed by atoms with E-state index in [1.54, 1.807) is 9.80 Å². The number of carbonyl (C=O) groups excluding carboxylic acids is 2. The summed E-state index contributed by atoms with van der Waals surface area (Å²) in [5.41, 5.74) is -0.125. The van der Waals surface area contributed by atoms with Crippen LogP contribution >= 0.6 is 0 Å². The number of hydrogen-bond acceptors (Lipinski definition) is 3. The zero-order valence-corrected chi connectivity index (χ0v) is 13.6. The van der Waals surface area contributed by atoms with Gasteiger partial charge < -0.3 is 9.64 Å². The topological polar surface area (TPSA) is 49.9 Å². The number of benzene rings is 1. The van der Waals surface area contributed by atoms with E-state index in [-0.39, 0.29) is 24.8 Å². The van der Waals surface area contributed by atoms with Crippen LogP contribution in [0.4, 0.5) is 13.6 Å². The molecule has 0 N–H and O–H groups in total. The van der Waals surface area contributed by atoms with Gasteiger partial charge in [-0.2, -0.15) is 0 Å². The van der Waals surface area contributed by atoms with Crippen molar-refractivity contribution in [1.29, 1.82) is 0 Å². The van der Waals surface area contributed by atoms with Crippen LogP contribution in [0.25, 0.3) is 0 Å². The van der Waals surface area contributed by atoms with E-state index in [4.69, 9.17) is 4.74 Å². The first-order valence-corrected chi connectivity index (χ1v) is 8.11. The summed E-state index contributed by atoms with van der Waals surface area (Å²) in [6.07, 6.45) is 0.753. The van der Waals surface area contributed by atoms with Gasteiger partial charge in [0.05, 0.1) is 5.54 Å². The van der Waals surface area contributed by atoms with Crippen LogP contribution in [0, 0.1) is 11.6 Å². The number of rotatable bonds is 4. The molecule has 2 saturated heterocycles. The summed E-state index contributed by atoms with van der Waals surface area (Å²) < 4.78 is 31.7. The van der Waals surface area contributed by atoms with Gasteiger partial charge in [-0.25, -0.2) is 13.6 Å². The number of nitrogens with zero attached hydrogens (tertiary/aromatic N) is 2. The predicted octanol–water partition coefficient (Wildman–Crippen LogP) is 2.34. The summed E-state index contributed by atoms with van der Waals surface area (Å²) in [7, 11) is 0. The van der Waals surface area contributed by atoms with Crippen molar-refractivity contribution < 1.29 is 23.1 Å². The molecule has 2 fully saturated rings. The van der Waals surface area contributed by atoms with Gasteiger partial charge in [-0.1, -0.05) is 13.0 Å². The number of ether oxygens (including phenoxy) is 1. The third-order valence-electron chi connectivity index (χ3n) is 4.97. The first kappa shape index (κ1) is 16.7. The molecule has 2 amide bonds. The molecule has 1 aromatic rings. The molecule has 2 aliphatic rings. The van der Waals surface area contributed by atoms with Crippen LogP contribution in [-0.2, 0) is 16.0 Å². The normalized spacial score (nSPS) is 23.2. The fourth-order valence-electron chi connectivity index (χ4n) is 3.40. The summed E-state index contributed by atoms with van der Waals surface area (Å²) in [5, 5.41) is 0. The van der Waals surface area contributed by atoms with Gasteiger partial charge in [0.2, 0.25) is 5.91 Å². The Kier molecular flexibility index (Phi) is 4.43. The molecule has 130 valence electrons. The van der Waals surface area contributed by atoms with Crippen LogP contribution in [0.15, 0.2) is 18.2 Å². The monoisotopic (exact) mass is 338 g/mol. The highest BCUT2D eigenvalue weighted by Gasteiger charge is 2.50. The van der Waals surface area contributed by atoms with E-state index in [1.165, 1.54) is 12.1 Å². The average molecular weight is 338 g/mol. The zero-order valence-electron chi connectivity index (χ0n) is 13.6. The second-order valence-electron chi connectivity index (χ2n) is 6.34. The van der Waals surface area contributed by atoms with Crippen LogP contribution in [0.5, 0.6) is 0 Å². The van der Waals surface area contributed by atoms with Crippen molar-refractivity contribution in [1.82, 2.24) is 9.80 Å². The maximum atomic E-state index is 13.7. The number of amides is 2. The molecular formula is C17H20F2N2O3. The van der Waals surface area contributed by atoms with Crippen molar-refractivity contribution in [2.75, 3.05) is 26.2 Å². The molecule has 7 heteroatoms. The van der Waals surface area contributed by atoms with E-state index in [0.717, 1.165) is 6.07 Å². The Morgan fingerprint density at radius 2 is 2.12 bits per heavy atom. The standard InChI is InChI=1S/C17H20F2N2O3/c1-2-17-10-20(7-8-21(17)16(23)24-11-17)15(22)6-4-12-3-5-13(18)9-14(12)19/h3,5,9H,2,4,6-8,10-11H2,1H3. The lowest BCUT2D eigenvalue weighted by Gasteiger charge is -2.44. The zero-order chi connectivity index (χ0) is 17.3. The molecular weight excluding hydrogens is 318 g/mol. The Hall–Kier alpha value is -2.18. The van der Waals surface area contributed by atoms with E-state index in [9.17, 15) is 18.4 Å². The maximum absolute atomic E-state index is 13.7. The molecule has 2 heterocycles. The van der Waals surface area contributed by atoms with Gasteiger partial charge in [0, 0.05) is 32.1 Å². The number of fused-ring (bicyclic) bond motifs is 1. The lowest BCUT2D eigenvalue weighted by Crippen LogP contribution is -2.62. The van der Waals surface area contributed by atoms with E-state index >= 15 is 0 Å². The Morgan fingerprint density at radius 3 is 2.83 bits per heavy atom. The largest absolute Gasteiger partial charge is 0.447 e. The number of piperazine rings is 1. The Bertz CT molecular complexity index is 667. The maximum Gasteiger partial charge on any atom is 0.410 e. The third kappa shape index (κ3) is 2.95. The Balaban J connectivity index is 1.62. The predicted molar refractivity (Wildman–Crippen MR) is 82.3 cm³/mol. The third-order valence-corrected chi connectivity index (χ3v) is 4.97. The first-order chi connectivity index (χ1) is 11.4. The summed E-state index contributed by atoms with van der Waals surface area (Å²) in [5.74, 6) is -1.35. The van der Waals surface area contributed by atoms with Crippen molar-refractivity contribution in [3.05, 3.63) is 35.4 Å². The SMILES string of the molecule is CCC12COC(=O)N1CCN(C(=O)CCc1ccc(F)cc1F)C2. The lowest BCUT2D eigenvalue weighted by atomic mass is 9.92. The molecule has 0 radical (unpaired) electrons. The second-order valence-corrected chi connectivity index (χ2v) is 6.34. The number of carbonyl (C=O) groups is 2. The molecule has 5 nitrogen and oxygen atoms in total. The molecule has 0 saturated carbocycles. The lowest BCUT2D eigenvalue weighted by molar-refractivity contribution is -0.135. The minimum atomic E-state index is -0.632. The summed E-state index contributed by atoms with van der Waals surface area (Å²) in [4.78, 5) is 27.6. The smallest absolute Gasteiger partial charge is 0.410 e. The first-order valence-electron chi connectivity index (χ1n) is 8.11. The fourth-order valence-corrected chi connectivity index (χ4v) is 3.40. The summed E-state index contributed by atoms with van der Waals surface area (Å²) in [6, 6.07) is 3.38. The van der Waals surface area contributed by atoms with Gasteiger partial charge in [-0.15, -0.1) is 0 Å². The van der Waals surface area contributed by atoms with Crippen molar-refractivity contribution >= 4 is 12.0 Å². The van der Waals surface area contributed by atoms with Crippen LogP contribution in [0.1, 0.15) is 25.3 Å². The molecule has 24 heavy (non-hydrogen) atoms. The number of cyclic esters (lactones) is 1. The molecule has 0 aromatic heterocycles. The highest BCUT2D eigenvalue weighted by atomic mass is 19.1. The molecule has 1 aromatic carbocycles. The van der Waals surface area contributed by atoms with Crippen LogP contribution < -0.4 is 0 Å². The second kappa shape index (κ2) is 6.37. The molecule has 1 atom stereocenters. The van der Waals surface area contributed by atoms with Gasteiger partial charge in [0.1, 0.15) is 18.2 Å². The molecule has 2 aliphatic heterocycles. The highest BCUT2D eigenvalue weighted by molar-refractivity contribution is 5.78. The minimum absolute atomic E-state index is 0.0921. The average Bonchev–Trinajstić information content (AvgIpc) is 2.91. The van der Waals surface area contributed by atoms with E-state index < -0.39 is 17.2 Å². The number of halogens is 2. The van der Waals surface area contributed by atoms with Gasteiger partial charge in [-0.3, -0.25) is 9.69 Å². The van der Waals surface area contributed by atoms with Crippen molar-refractivity contribution in [2.45, 2.75) is 31.7 Å². The van der Waals surface area contributed by atoms with E-state index in [2.05, 4.69) is 0 Å². The molecule has 0 aliphatic carbocycles. The van der Waals surface area contributed by atoms with Gasteiger partial charge in [0.25, 0.3) is 0 Å². The van der Waals surface area contributed by atoms with E-state index in [1.807, 2.05) is 6.92 Å². The van der Waals surface area contributed by atoms with Crippen LogP contribution in [0.2, 0.25) is 0 Å². The summed E-state index contributed by atoms with van der Waals surface area (Å²) in [6.45, 7) is 3.58. The van der Waals surface area contributed by atoms with Gasteiger partial charge in [0.15, 0.2) is 0 Å². The summed E-state index contributed by atoms with van der Waals surface area (Å²) >= 11 is 0. The molecule has 0 bridgehead atoms. The minimum Gasteiger partial charge on any atom is -0.447 e. The van der Waals surface area contributed by atoms with Gasteiger partial charge >= 0.3 is 6.09 Å². The van der Waals surface area contributed by atoms with Crippen LogP contribution in [0.3, 0.4) is 0 Å². The molecule has 0 spiro atoms. The molecule has 1 unspecified atom stereocenters.